The average molecular weight is 325 g/mol. The summed E-state index contributed by atoms with van der Waals surface area (Å²) in [6.45, 7) is 1.99. The SMILES string of the molecule is CCCCCCC(N)(C(=O)O)c1ccc([N+](=O)[O-])cc1[N+](=O)[O-]. The number of carboxylic acid groups (broad SMARTS) is 1. The monoisotopic (exact) mass is 325 g/mol. The van der Waals surface area contributed by atoms with E-state index in [2.05, 4.69) is 0 Å². The molecule has 0 amide bonds. The summed E-state index contributed by atoms with van der Waals surface area (Å²) in [5.41, 5.74) is 2.62. The Morgan fingerprint density at radius 3 is 2.35 bits per heavy atom. The number of nitro groups is 2. The van der Waals surface area contributed by atoms with E-state index in [0.29, 0.717) is 6.42 Å². The second-order valence-electron chi connectivity index (χ2n) is 5.30. The highest BCUT2D eigenvalue weighted by Crippen LogP contribution is 2.35. The van der Waals surface area contributed by atoms with Crippen LogP contribution in [0, 0.1) is 20.2 Å². The number of non-ortho nitro benzene ring substituents is 1. The van der Waals surface area contributed by atoms with Crippen molar-refractivity contribution in [2.75, 3.05) is 0 Å². The summed E-state index contributed by atoms with van der Waals surface area (Å²) in [5.74, 6) is -1.40. The maximum Gasteiger partial charge on any atom is 0.328 e. The third kappa shape index (κ3) is 4.22. The molecule has 0 saturated carbocycles. The minimum absolute atomic E-state index is 0.0149. The van der Waals surface area contributed by atoms with Gasteiger partial charge in [0.1, 0.15) is 5.54 Å². The zero-order valence-electron chi connectivity index (χ0n) is 12.7. The molecule has 1 aromatic carbocycles. The number of nitrogens with two attached hydrogens (primary N) is 1. The number of carboxylic acids is 1. The lowest BCUT2D eigenvalue weighted by Gasteiger charge is -2.24. The molecule has 0 spiro atoms. The van der Waals surface area contributed by atoms with E-state index in [1.807, 2.05) is 6.92 Å². The van der Waals surface area contributed by atoms with E-state index in [9.17, 15) is 30.1 Å². The fraction of sp³-hybridized carbons (Fsp3) is 0.500. The number of nitro benzene ring substituents is 2. The maximum absolute atomic E-state index is 11.6. The molecule has 23 heavy (non-hydrogen) atoms. The number of aliphatic carboxylic acids is 1. The zero-order chi connectivity index (χ0) is 17.6. The van der Waals surface area contributed by atoms with Gasteiger partial charge in [-0.1, -0.05) is 32.6 Å². The summed E-state index contributed by atoms with van der Waals surface area (Å²) in [6.07, 6.45) is 3.11. The molecule has 0 fully saturated rings. The van der Waals surface area contributed by atoms with Crippen LogP contribution in [-0.2, 0) is 10.3 Å². The molecule has 1 atom stereocenters. The molecule has 0 radical (unpaired) electrons. The highest BCUT2D eigenvalue weighted by atomic mass is 16.6. The molecule has 0 heterocycles. The molecule has 0 aliphatic rings. The van der Waals surface area contributed by atoms with Gasteiger partial charge in [0.15, 0.2) is 0 Å². The Labute approximate surface area is 132 Å². The van der Waals surface area contributed by atoms with Crippen molar-refractivity contribution >= 4 is 17.3 Å². The van der Waals surface area contributed by atoms with Crippen molar-refractivity contribution in [2.45, 2.75) is 44.6 Å². The molecule has 3 N–H and O–H groups in total. The first kappa shape index (κ1) is 18.5. The molecule has 1 aromatic rings. The van der Waals surface area contributed by atoms with Crippen LogP contribution >= 0.6 is 0 Å². The van der Waals surface area contributed by atoms with E-state index in [1.165, 1.54) is 0 Å². The van der Waals surface area contributed by atoms with Gasteiger partial charge in [0.2, 0.25) is 0 Å². The normalized spacial score (nSPS) is 13.3. The number of nitrogens with zero attached hydrogens (tertiary/aromatic N) is 2. The van der Waals surface area contributed by atoms with Gasteiger partial charge in [-0.3, -0.25) is 20.2 Å². The summed E-state index contributed by atoms with van der Waals surface area (Å²) in [5, 5.41) is 31.4. The molecule has 9 nitrogen and oxygen atoms in total. The van der Waals surface area contributed by atoms with E-state index in [-0.39, 0.29) is 12.0 Å². The predicted molar refractivity (Wildman–Crippen MR) is 82.0 cm³/mol. The van der Waals surface area contributed by atoms with Gasteiger partial charge in [-0.25, -0.2) is 4.79 Å². The largest absolute Gasteiger partial charge is 0.480 e. The highest BCUT2D eigenvalue weighted by molar-refractivity contribution is 5.82. The fourth-order valence-electron chi connectivity index (χ4n) is 2.35. The van der Waals surface area contributed by atoms with Gasteiger partial charge in [-0.05, 0) is 12.5 Å². The lowest BCUT2D eigenvalue weighted by molar-refractivity contribution is -0.394. The minimum atomic E-state index is -1.95. The van der Waals surface area contributed by atoms with E-state index in [1.54, 1.807) is 0 Å². The van der Waals surface area contributed by atoms with Gasteiger partial charge in [0, 0.05) is 6.07 Å². The summed E-state index contributed by atoms with van der Waals surface area (Å²) in [7, 11) is 0. The van der Waals surface area contributed by atoms with Gasteiger partial charge >= 0.3 is 5.97 Å². The van der Waals surface area contributed by atoms with Crippen LogP contribution in [-0.4, -0.2) is 20.9 Å². The van der Waals surface area contributed by atoms with Gasteiger partial charge in [-0.15, -0.1) is 0 Å². The number of hydrogen-bond donors (Lipinski definition) is 2. The maximum atomic E-state index is 11.6. The predicted octanol–water partition coefficient (Wildman–Crippen LogP) is 2.71. The molecule has 0 aliphatic heterocycles. The lowest BCUT2D eigenvalue weighted by Crippen LogP contribution is -2.45. The fourth-order valence-corrected chi connectivity index (χ4v) is 2.35. The molecule has 0 bridgehead atoms. The molecule has 0 aromatic heterocycles. The lowest BCUT2D eigenvalue weighted by atomic mass is 9.84. The van der Waals surface area contributed by atoms with Crippen LogP contribution in [0.5, 0.6) is 0 Å². The number of unbranched alkanes of at least 4 members (excludes halogenated alkanes) is 3. The first-order valence-electron chi connectivity index (χ1n) is 7.19. The molecule has 0 saturated heterocycles. The number of rotatable bonds is 9. The Hall–Kier alpha value is -2.55. The Morgan fingerprint density at radius 1 is 1.22 bits per heavy atom. The van der Waals surface area contributed by atoms with Crippen molar-refractivity contribution in [1.82, 2.24) is 0 Å². The topological polar surface area (TPSA) is 150 Å². The van der Waals surface area contributed by atoms with Crippen LogP contribution in [0.2, 0.25) is 0 Å². The summed E-state index contributed by atoms with van der Waals surface area (Å²) in [4.78, 5) is 31.9. The minimum Gasteiger partial charge on any atom is -0.480 e. The number of carbonyl (C=O) groups is 1. The van der Waals surface area contributed by atoms with E-state index in [0.717, 1.165) is 37.5 Å². The van der Waals surface area contributed by atoms with Gasteiger partial charge in [-0.2, -0.15) is 0 Å². The smallest absolute Gasteiger partial charge is 0.328 e. The zero-order valence-corrected chi connectivity index (χ0v) is 12.7. The van der Waals surface area contributed by atoms with E-state index < -0.39 is 32.7 Å². The number of benzene rings is 1. The van der Waals surface area contributed by atoms with Gasteiger partial charge in [0.25, 0.3) is 11.4 Å². The van der Waals surface area contributed by atoms with E-state index in [4.69, 9.17) is 5.73 Å². The second-order valence-corrected chi connectivity index (χ2v) is 5.30. The Bertz CT molecular complexity index is 619. The number of hydrogen-bond acceptors (Lipinski definition) is 6. The Kier molecular flexibility index (Phi) is 6.14. The van der Waals surface area contributed by atoms with Crippen molar-refractivity contribution in [1.29, 1.82) is 0 Å². The van der Waals surface area contributed by atoms with Crippen LogP contribution < -0.4 is 5.73 Å². The summed E-state index contributed by atoms with van der Waals surface area (Å²) < 4.78 is 0. The molecule has 0 aliphatic carbocycles. The van der Waals surface area contributed by atoms with Crippen LogP contribution in [0.3, 0.4) is 0 Å². The van der Waals surface area contributed by atoms with Crippen LogP contribution in [0.25, 0.3) is 0 Å². The highest BCUT2D eigenvalue weighted by Gasteiger charge is 2.41. The van der Waals surface area contributed by atoms with Crippen LogP contribution in [0.4, 0.5) is 11.4 Å². The first-order valence-corrected chi connectivity index (χ1v) is 7.19. The van der Waals surface area contributed by atoms with Crippen LogP contribution in [0.1, 0.15) is 44.6 Å². The quantitative estimate of drug-likeness (QED) is 0.402. The summed E-state index contributed by atoms with van der Waals surface area (Å²) in [6, 6.07) is 2.83. The van der Waals surface area contributed by atoms with Crippen molar-refractivity contribution in [3.8, 4) is 0 Å². The third-order valence-corrected chi connectivity index (χ3v) is 3.68. The third-order valence-electron chi connectivity index (χ3n) is 3.68. The van der Waals surface area contributed by atoms with Crippen molar-refractivity contribution in [2.24, 2.45) is 5.73 Å². The van der Waals surface area contributed by atoms with E-state index >= 15 is 0 Å². The average Bonchev–Trinajstić information content (AvgIpc) is 2.50. The van der Waals surface area contributed by atoms with Crippen molar-refractivity contribution < 1.29 is 19.7 Å². The van der Waals surface area contributed by atoms with Gasteiger partial charge in [0.05, 0.1) is 21.5 Å². The first-order chi connectivity index (χ1) is 10.7. The second kappa shape index (κ2) is 7.63. The summed E-state index contributed by atoms with van der Waals surface area (Å²) >= 11 is 0. The Balaban J connectivity index is 3.28. The standard InChI is InChI=1S/C14H19N3O6/c1-2-3-4-5-8-14(15,13(18)19)11-7-6-10(16(20)21)9-12(11)17(22)23/h6-7,9H,2-5,8,15H2,1H3,(H,18,19). The van der Waals surface area contributed by atoms with Crippen molar-refractivity contribution in [3.63, 3.8) is 0 Å². The van der Waals surface area contributed by atoms with Crippen LogP contribution in [0.15, 0.2) is 18.2 Å². The molecule has 9 heteroatoms. The molecular weight excluding hydrogens is 306 g/mol. The molecule has 1 rings (SSSR count). The molecule has 1 unspecified atom stereocenters. The molecule has 126 valence electrons. The van der Waals surface area contributed by atoms with Crippen molar-refractivity contribution in [3.05, 3.63) is 44.0 Å². The van der Waals surface area contributed by atoms with Gasteiger partial charge < -0.3 is 10.8 Å². The Morgan fingerprint density at radius 2 is 1.87 bits per heavy atom. The molecular formula is C14H19N3O6.